The van der Waals surface area contributed by atoms with Crippen molar-refractivity contribution in [1.82, 2.24) is 0 Å². The van der Waals surface area contributed by atoms with Gasteiger partial charge in [-0.05, 0) is 79.1 Å². The second-order valence-electron chi connectivity index (χ2n) is 10.3. The van der Waals surface area contributed by atoms with Crippen LogP contribution in [0.1, 0.15) is 72.0 Å². The van der Waals surface area contributed by atoms with E-state index in [2.05, 4.69) is 13.2 Å². The summed E-state index contributed by atoms with van der Waals surface area (Å²) in [6, 6.07) is 19.9. The van der Waals surface area contributed by atoms with Crippen LogP contribution in [0.3, 0.4) is 0 Å². The van der Waals surface area contributed by atoms with E-state index in [0.717, 1.165) is 27.8 Å². The van der Waals surface area contributed by atoms with E-state index < -0.39 is 11.9 Å². The quantitative estimate of drug-likeness (QED) is 0.188. The molecule has 3 rings (SSSR count). The Morgan fingerprint density at radius 3 is 1.44 bits per heavy atom. The summed E-state index contributed by atoms with van der Waals surface area (Å²) in [6.45, 7) is 17.8. The van der Waals surface area contributed by atoms with Crippen molar-refractivity contribution in [1.29, 1.82) is 0 Å². The van der Waals surface area contributed by atoms with Crippen molar-refractivity contribution in [2.24, 2.45) is 0 Å². The maximum absolute atomic E-state index is 13.2. The molecule has 186 valence electrons. The van der Waals surface area contributed by atoms with Crippen molar-refractivity contribution in [3.63, 3.8) is 0 Å². The van der Waals surface area contributed by atoms with Gasteiger partial charge in [-0.2, -0.15) is 0 Å². The van der Waals surface area contributed by atoms with Gasteiger partial charge in [-0.1, -0.05) is 81.5 Å². The van der Waals surface area contributed by atoms with Crippen molar-refractivity contribution in [3.05, 3.63) is 119 Å². The number of ether oxygens (including phenoxy) is 2. The lowest BCUT2D eigenvalue weighted by Gasteiger charge is -2.21. The van der Waals surface area contributed by atoms with Crippen molar-refractivity contribution >= 4 is 11.9 Å². The third-order valence-corrected chi connectivity index (χ3v) is 5.61. The highest BCUT2D eigenvalue weighted by Crippen LogP contribution is 2.28. The summed E-state index contributed by atoms with van der Waals surface area (Å²) in [5.41, 5.74) is 4.77. The van der Waals surface area contributed by atoms with Gasteiger partial charge < -0.3 is 9.47 Å². The molecule has 3 aromatic carbocycles. The van der Waals surface area contributed by atoms with E-state index in [-0.39, 0.29) is 16.5 Å². The van der Waals surface area contributed by atoms with Gasteiger partial charge in [0.25, 0.3) is 0 Å². The number of esters is 2. The van der Waals surface area contributed by atoms with Gasteiger partial charge >= 0.3 is 11.9 Å². The van der Waals surface area contributed by atoms with Crippen LogP contribution >= 0.6 is 0 Å². The van der Waals surface area contributed by atoms with Crippen molar-refractivity contribution in [2.45, 2.75) is 52.9 Å². The number of allylic oxidation sites excluding steroid dienone is 2. The first kappa shape index (κ1) is 26.7. The molecule has 4 nitrogen and oxygen atoms in total. The van der Waals surface area contributed by atoms with E-state index in [9.17, 15) is 9.59 Å². The molecule has 4 heteroatoms. The van der Waals surface area contributed by atoms with E-state index in [4.69, 9.17) is 9.47 Å². The van der Waals surface area contributed by atoms with E-state index in [1.165, 1.54) is 6.07 Å². The van der Waals surface area contributed by atoms with Gasteiger partial charge in [-0.25, -0.2) is 9.59 Å². The van der Waals surface area contributed by atoms with Gasteiger partial charge in [-0.3, -0.25) is 0 Å². The van der Waals surface area contributed by atoms with Crippen LogP contribution in [0.15, 0.2) is 91.0 Å². The Kier molecular flexibility index (Phi) is 8.31. The van der Waals surface area contributed by atoms with E-state index in [0.29, 0.717) is 24.3 Å². The van der Waals surface area contributed by atoms with E-state index >= 15 is 0 Å². The maximum atomic E-state index is 13.2. The number of hydrogen-bond acceptors (Lipinski definition) is 4. The predicted molar refractivity (Wildman–Crippen MR) is 145 cm³/mol. The first-order valence-electron chi connectivity index (χ1n) is 12.0. The van der Waals surface area contributed by atoms with Crippen LogP contribution in [0.25, 0.3) is 0 Å². The molecule has 0 atom stereocenters. The lowest BCUT2D eigenvalue weighted by atomic mass is 9.85. The van der Waals surface area contributed by atoms with E-state index in [1.807, 2.05) is 71.0 Å². The van der Waals surface area contributed by atoms with Crippen LogP contribution in [-0.2, 0) is 18.3 Å². The Hall–Kier alpha value is -3.92. The zero-order chi connectivity index (χ0) is 26.5. The smallest absolute Gasteiger partial charge is 0.343 e. The monoisotopic (exact) mass is 482 g/mol. The summed E-state index contributed by atoms with van der Waals surface area (Å²) in [4.78, 5) is 26.5. The molecule has 0 N–H and O–H groups in total. The molecule has 0 fully saturated rings. The van der Waals surface area contributed by atoms with Crippen LogP contribution in [0.4, 0.5) is 0 Å². The fourth-order valence-electron chi connectivity index (χ4n) is 3.76. The average molecular weight is 483 g/mol. The highest BCUT2D eigenvalue weighted by atomic mass is 16.5. The minimum absolute atomic E-state index is 0.287. The van der Waals surface area contributed by atoms with Gasteiger partial charge in [0.2, 0.25) is 0 Å². The molecule has 0 aromatic heterocycles. The third kappa shape index (κ3) is 7.05. The largest absolute Gasteiger partial charge is 0.423 e. The highest BCUT2D eigenvalue weighted by molar-refractivity contribution is 5.97. The van der Waals surface area contributed by atoms with Gasteiger partial charge in [0.1, 0.15) is 11.5 Å². The molecule has 3 aromatic rings. The van der Waals surface area contributed by atoms with Crippen molar-refractivity contribution in [2.75, 3.05) is 0 Å². The summed E-state index contributed by atoms with van der Waals surface area (Å²) in [6.07, 6.45) is 1.21. The van der Waals surface area contributed by atoms with Crippen LogP contribution in [0.2, 0.25) is 0 Å². The molecule has 0 amide bonds. The van der Waals surface area contributed by atoms with Gasteiger partial charge in [-0.15, -0.1) is 0 Å². The van der Waals surface area contributed by atoms with Crippen LogP contribution in [-0.4, -0.2) is 11.9 Å². The van der Waals surface area contributed by atoms with Crippen molar-refractivity contribution in [3.8, 4) is 11.5 Å². The summed E-state index contributed by atoms with van der Waals surface area (Å²) < 4.78 is 11.5. The van der Waals surface area contributed by atoms with Crippen LogP contribution in [0, 0.1) is 0 Å². The first-order valence-corrected chi connectivity index (χ1v) is 12.0. The molecular weight excluding hydrogens is 448 g/mol. The SMILES string of the molecule is C=C(C)Cc1ccccc1OC(=O)c1cc(C(=O)Oc2ccccc2CC(=C)C)cc(C(C)(C)C)c1. The number of para-hydroxylation sites is 2. The lowest BCUT2D eigenvalue weighted by Crippen LogP contribution is -2.18. The molecule has 36 heavy (non-hydrogen) atoms. The van der Waals surface area contributed by atoms with Crippen molar-refractivity contribution < 1.29 is 19.1 Å². The molecule has 0 bridgehead atoms. The maximum Gasteiger partial charge on any atom is 0.343 e. The Bertz CT molecular complexity index is 1220. The summed E-state index contributed by atoms with van der Waals surface area (Å²) in [5, 5.41) is 0. The normalized spacial score (nSPS) is 11.0. The zero-order valence-corrected chi connectivity index (χ0v) is 21.8. The number of benzene rings is 3. The summed E-state index contributed by atoms with van der Waals surface area (Å²) in [7, 11) is 0. The Morgan fingerprint density at radius 1 is 0.694 bits per heavy atom. The Balaban J connectivity index is 1.95. The fraction of sp³-hybridized carbons (Fsp3) is 0.250. The molecule has 0 radical (unpaired) electrons. The third-order valence-electron chi connectivity index (χ3n) is 5.61. The number of carbonyl (C=O) groups is 2. The zero-order valence-electron chi connectivity index (χ0n) is 21.8. The minimum atomic E-state index is -0.535. The minimum Gasteiger partial charge on any atom is -0.423 e. The number of hydrogen-bond donors (Lipinski definition) is 0. The van der Waals surface area contributed by atoms with E-state index in [1.54, 1.807) is 24.3 Å². The van der Waals surface area contributed by atoms with Gasteiger partial charge in [0, 0.05) is 0 Å². The highest BCUT2D eigenvalue weighted by Gasteiger charge is 2.22. The molecule has 0 aliphatic rings. The standard InChI is InChI=1S/C32H34O4/c1-21(2)16-23-12-8-10-14-28(23)35-30(33)25-18-26(20-27(19-25)32(5,6)7)31(34)36-29-15-11-9-13-24(29)17-22(3)4/h8-15,18-20H,1,3,16-17H2,2,4-7H3. The summed E-state index contributed by atoms with van der Waals surface area (Å²) >= 11 is 0. The first-order chi connectivity index (χ1) is 16.9. The number of carbonyl (C=O) groups excluding carboxylic acids is 2. The van der Waals surface area contributed by atoms with Gasteiger partial charge in [0.05, 0.1) is 11.1 Å². The lowest BCUT2D eigenvalue weighted by molar-refractivity contribution is 0.0733. The number of rotatable bonds is 8. The van der Waals surface area contributed by atoms with Crippen LogP contribution < -0.4 is 9.47 Å². The molecule has 0 saturated carbocycles. The Morgan fingerprint density at radius 2 is 1.08 bits per heavy atom. The molecule has 0 spiro atoms. The predicted octanol–water partition coefficient (Wildman–Crippen LogP) is 7.66. The molecular formula is C32H34O4. The second-order valence-corrected chi connectivity index (χ2v) is 10.3. The average Bonchev–Trinajstić information content (AvgIpc) is 2.80. The molecule has 0 heterocycles. The topological polar surface area (TPSA) is 52.6 Å². The second kappa shape index (κ2) is 11.2. The molecule has 0 aliphatic heterocycles. The fourth-order valence-corrected chi connectivity index (χ4v) is 3.76. The van der Waals surface area contributed by atoms with Crippen LogP contribution in [0.5, 0.6) is 11.5 Å². The molecule has 0 aliphatic carbocycles. The van der Waals surface area contributed by atoms with Gasteiger partial charge in [0.15, 0.2) is 0 Å². The molecule has 0 unspecified atom stereocenters. The molecule has 0 saturated heterocycles. The Labute approximate surface area is 214 Å². The summed E-state index contributed by atoms with van der Waals surface area (Å²) in [5.74, 6) is -0.118.